The Morgan fingerprint density at radius 1 is 1.00 bits per heavy atom. The molecule has 0 spiro atoms. The van der Waals surface area contributed by atoms with Crippen LogP contribution < -0.4 is 0 Å². The molecule has 7 heteroatoms. The first kappa shape index (κ1) is 18.3. The van der Waals surface area contributed by atoms with Crippen LogP contribution in [0.1, 0.15) is 29.3 Å². The number of benzene rings is 2. The van der Waals surface area contributed by atoms with E-state index >= 15 is 0 Å². The molecule has 0 saturated carbocycles. The van der Waals surface area contributed by atoms with Crippen molar-refractivity contribution in [3.8, 4) is 0 Å². The number of para-hydroxylation sites is 1. The molecule has 28 heavy (non-hydrogen) atoms. The fourth-order valence-electron chi connectivity index (χ4n) is 3.94. The molecule has 0 fully saturated rings. The highest BCUT2D eigenvalue weighted by atomic mass is 19.1. The second-order valence-electron chi connectivity index (χ2n) is 6.87. The van der Waals surface area contributed by atoms with Gasteiger partial charge >= 0.3 is 0 Å². The number of hydrogen-bond acceptors (Lipinski definition) is 3. The molecule has 0 aliphatic carbocycles. The van der Waals surface area contributed by atoms with Gasteiger partial charge in [0.1, 0.15) is 11.6 Å². The monoisotopic (exact) mass is 383 g/mol. The van der Waals surface area contributed by atoms with Crippen LogP contribution in [-0.4, -0.2) is 20.9 Å². The summed E-state index contributed by atoms with van der Waals surface area (Å²) in [4.78, 5) is 13.1. The number of hydrogen-bond donors (Lipinski definition) is 0. The molecule has 144 valence electrons. The molecule has 4 rings (SSSR count). The molecular weight excluding hydrogens is 364 g/mol. The van der Waals surface area contributed by atoms with Crippen LogP contribution in [0, 0.1) is 21.7 Å². The predicted octanol–water partition coefficient (Wildman–Crippen LogP) is 4.67. The summed E-state index contributed by atoms with van der Waals surface area (Å²) in [5.41, 5.74) is 1.38. The number of nitro benzene ring substituents is 1. The van der Waals surface area contributed by atoms with E-state index in [2.05, 4.69) is 4.57 Å². The topological polar surface area (TPSA) is 51.3 Å². The smallest absolute Gasteiger partial charge is 0.274 e. The van der Waals surface area contributed by atoms with Crippen LogP contribution in [0.25, 0.3) is 0 Å². The van der Waals surface area contributed by atoms with Gasteiger partial charge in [-0.15, -0.1) is 0 Å². The third-order valence-corrected chi connectivity index (χ3v) is 5.21. The van der Waals surface area contributed by atoms with E-state index in [1.165, 1.54) is 24.3 Å². The van der Waals surface area contributed by atoms with Crippen molar-refractivity contribution < 1.29 is 13.7 Å². The zero-order valence-corrected chi connectivity index (χ0v) is 15.1. The van der Waals surface area contributed by atoms with E-state index in [1.54, 1.807) is 18.2 Å². The lowest BCUT2D eigenvalue weighted by Crippen LogP contribution is -2.30. The second kappa shape index (κ2) is 7.52. The molecule has 3 aromatic rings. The number of nitro groups is 1. The number of halogens is 2. The maximum atomic E-state index is 14.3. The Labute approximate surface area is 161 Å². The van der Waals surface area contributed by atoms with Gasteiger partial charge in [0.15, 0.2) is 0 Å². The minimum absolute atomic E-state index is 0.00107. The number of rotatable bonds is 4. The largest absolute Gasteiger partial charge is 0.350 e. The number of aromatic nitrogens is 1. The summed E-state index contributed by atoms with van der Waals surface area (Å²) in [7, 11) is 0. The zero-order chi connectivity index (χ0) is 19.7. The Balaban J connectivity index is 1.84. The first-order valence-electron chi connectivity index (χ1n) is 9.11. The van der Waals surface area contributed by atoms with Crippen molar-refractivity contribution in [2.75, 3.05) is 6.54 Å². The van der Waals surface area contributed by atoms with Gasteiger partial charge in [0.25, 0.3) is 5.69 Å². The van der Waals surface area contributed by atoms with E-state index in [4.69, 9.17) is 0 Å². The SMILES string of the molecule is O=[N+]([O-])c1ccccc1[C@H]1c2cccn2CCCN1Cc1c(F)cccc1F. The van der Waals surface area contributed by atoms with Crippen molar-refractivity contribution in [3.63, 3.8) is 0 Å². The van der Waals surface area contributed by atoms with Crippen molar-refractivity contribution in [1.82, 2.24) is 9.47 Å². The number of nitrogens with zero attached hydrogens (tertiary/aromatic N) is 3. The average molecular weight is 383 g/mol. The first-order chi connectivity index (χ1) is 13.6. The normalized spacial score (nSPS) is 17.1. The van der Waals surface area contributed by atoms with E-state index < -0.39 is 22.6 Å². The second-order valence-corrected chi connectivity index (χ2v) is 6.87. The average Bonchev–Trinajstić information content (AvgIpc) is 3.06. The molecule has 0 amide bonds. The molecule has 0 saturated heterocycles. The van der Waals surface area contributed by atoms with E-state index in [-0.39, 0.29) is 17.8 Å². The Hall–Kier alpha value is -3.06. The van der Waals surface area contributed by atoms with Crippen LogP contribution in [0.5, 0.6) is 0 Å². The molecule has 0 unspecified atom stereocenters. The third kappa shape index (κ3) is 3.29. The fourth-order valence-corrected chi connectivity index (χ4v) is 3.94. The minimum atomic E-state index is -0.610. The maximum Gasteiger partial charge on any atom is 0.274 e. The van der Waals surface area contributed by atoms with E-state index in [0.717, 1.165) is 18.7 Å². The summed E-state index contributed by atoms with van der Waals surface area (Å²) in [6.45, 7) is 1.34. The molecule has 1 aliphatic rings. The van der Waals surface area contributed by atoms with Crippen molar-refractivity contribution >= 4 is 5.69 Å². The zero-order valence-electron chi connectivity index (χ0n) is 15.1. The molecule has 1 aromatic heterocycles. The highest BCUT2D eigenvalue weighted by Gasteiger charge is 2.32. The Kier molecular flexibility index (Phi) is 4.92. The summed E-state index contributed by atoms with van der Waals surface area (Å²) in [5, 5.41) is 11.6. The molecular formula is C21H19F2N3O2. The number of fused-ring (bicyclic) bond motifs is 1. The van der Waals surface area contributed by atoms with E-state index in [9.17, 15) is 18.9 Å². The van der Waals surface area contributed by atoms with Crippen LogP contribution in [0.15, 0.2) is 60.8 Å². The van der Waals surface area contributed by atoms with Crippen molar-refractivity contribution in [2.45, 2.75) is 25.6 Å². The van der Waals surface area contributed by atoms with Crippen molar-refractivity contribution in [1.29, 1.82) is 0 Å². The molecule has 2 heterocycles. The van der Waals surface area contributed by atoms with Gasteiger partial charge in [0.2, 0.25) is 0 Å². The lowest BCUT2D eigenvalue weighted by molar-refractivity contribution is -0.385. The maximum absolute atomic E-state index is 14.3. The fraction of sp³-hybridized carbons (Fsp3) is 0.238. The van der Waals surface area contributed by atoms with Crippen LogP contribution in [-0.2, 0) is 13.1 Å². The van der Waals surface area contributed by atoms with Gasteiger partial charge in [0.05, 0.1) is 16.5 Å². The van der Waals surface area contributed by atoms with Crippen LogP contribution in [0.4, 0.5) is 14.5 Å². The Morgan fingerprint density at radius 3 is 2.50 bits per heavy atom. The van der Waals surface area contributed by atoms with Gasteiger partial charge < -0.3 is 4.57 Å². The standard InChI is InChI=1S/C21H19F2N3O2/c22-17-7-3-8-18(23)16(17)14-25-13-5-12-24-11-4-10-20(24)21(25)15-6-1-2-9-19(15)26(27)28/h1-4,6-11,21H,5,12-14H2/t21-/m0/s1. The summed E-state index contributed by atoms with van der Waals surface area (Å²) < 4.78 is 30.7. The first-order valence-corrected chi connectivity index (χ1v) is 9.11. The molecule has 1 atom stereocenters. The summed E-state index contributed by atoms with van der Waals surface area (Å²) in [6.07, 6.45) is 2.71. The van der Waals surface area contributed by atoms with Crippen LogP contribution in [0.2, 0.25) is 0 Å². The quantitative estimate of drug-likeness (QED) is 0.486. The van der Waals surface area contributed by atoms with Gasteiger partial charge in [-0.25, -0.2) is 8.78 Å². The van der Waals surface area contributed by atoms with Gasteiger partial charge in [-0.05, 0) is 30.7 Å². The van der Waals surface area contributed by atoms with Gasteiger partial charge in [-0.1, -0.05) is 24.3 Å². The van der Waals surface area contributed by atoms with Crippen LogP contribution in [0.3, 0.4) is 0 Å². The molecule has 0 bridgehead atoms. The molecule has 0 radical (unpaired) electrons. The lowest BCUT2D eigenvalue weighted by atomic mass is 9.99. The summed E-state index contributed by atoms with van der Waals surface area (Å²) in [5.74, 6) is -1.22. The number of aryl methyl sites for hydroxylation is 1. The van der Waals surface area contributed by atoms with Gasteiger partial charge in [-0.2, -0.15) is 0 Å². The minimum Gasteiger partial charge on any atom is -0.350 e. The highest BCUT2D eigenvalue weighted by molar-refractivity contribution is 5.46. The van der Waals surface area contributed by atoms with E-state index in [1.807, 2.05) is 23.2 Å². The van der Waals surface area contributed by atoms with Crippen LogP contribution >= 0.6 is 0 Å². The van der Waals surface area contributed by atoms with Gasteiger partial charge in [0, 0.05) is 43.2 Å². The van der Waals surface area contributed by atoms with Crippen molar-refractivity contribution in [2.24, 2.45) is 0 Å². The van der Waals surface area contributed by atoms with Gasteiger partial charge in [-0.3, -0.25) is 15.0 Å². The predicted molar refractivity (Wildman–Crippen MR) is 101 cm³/mol. The molecule has 0 N–H and O–H groups in total. The molecule has 5 nitrogen and oxygen atoms in total. The van der Waals surface area contributed by atoms with E-state index in [0.29, 0.717) is 12.1 Å². The Bertz CT molecular complexity index is 998. The lowest BCUT2D eigenvalue weighted by Gasteiger charge is -2.30. The van der Waals surface area contributed by atoms with Crippen molar-refractivity contribution in [3.05, 3.63) is 99.4 Å². The summed E-state index contributed by atoms with van der Waals surface area (Å²) >= 11 is 0. The third-order valence-electron chi connectivity index (χ3n) is 5.21. The molecule has 2 aromatic carbocycles. The molecule has 1 aliphatic heterocycles. The Morgan fingerprint density at radius 2 is 1.75 bits per heavy atom. The summed E-state index contributed by atoms with van der Waals surface area (Å²) in [6, 6.07) is 13.7. The highest BCUT2D eigenvalue weighted by Crippen LogP contribution is 2.37.